The lowest BCUT2D eigenvalue weighted by Gasteiger charge is -2.22. The Hall–Kier alpha value is -4.45. The molecule has 1 aliphatic heterocycles. The maximum Gasteiger partial charge on any atom is 0.239 e. The molecule has 9 heteroatoms. The molecule has 3 aromatic rings. The van der Waals surface area contributed by atoms with E-state index in [9.17, 15) is 9.59 Å². The normalized spacial score (nSPS) is 16.4. The van der Waals surface area contributed by atoms with Crippen LogP contribution in [0.1, 0.15) is 37.0 Å². The maximum atomic E-state index is 13.2. The lowest BCUT2D eigenvalue weighted by atomic mass is 10.0. The van der Waals surface area contributed by atoms with Crippen LogP contribution in [0.15, 0.2) is 69.0 Å². The van der Waals surface area contributed by atoms with Gasteiger partial charge in [-0.05, 0) is 62.4 Å². The Morgan fingerprint density at radius 2 is 2.05 bits per heavy atom. The van der Waals surface area contributed by atoms with E-state index in [1.54, 1.807) is 11.0 Å². The number of likely N-dealkylation sites (tertiary alicyclic amines) is 1. The highest BCUT2D eigenvalue weighted by molar-refractivity contribution is 6.00. The Kier molecular flexibility index (Phi) is 9.24. The minimum atomic E-state index is -0.493. The molecular weight excluding hydrogens is 480 g/mol. The third kappa shape index (κ3) is 7.53. The second kappa shape index (κ2) is 13.2. The number of nitrogens with zero attached hydrogens (tertiary/aromatic N) is 4. The van der Waals surface area contributed by atoms with Crippen molar-refractivity contribution in [2.24, 2.45) is 15.9 Å². The molecule has 1 atom stereocenters. The van der Waals surface area contributed by atoms with Crippen molar-refractivity contribution >= 4 is 40.6 Å². The summed E-state index contributed by atoms with van der Waals surface area (Å²) in [6.07, 6.45) is 7.38. The van der Waals surface area contributed by atoms with Crippen molar-refractivity contribution in [2.75, 3.05) is 19.6 Å². The summed E-state index contributed by atoms with van der Waals surface area (Å²) in [5.74, 6) is 0.0891. The van der Waals surface area contributed by atoms with Gasteiger partial charge in [-0.3, -0.25) is 14.9 Å². The molecule has 2 aromatic carbocycles. The first kappa shape index (κ1) is 26.6. The summed E-state index contributed by atoms with van der Waals surface area (Å²) in [5.41, 5.74) is 2.59. The van der Waals surface area contributed by atoms with Crippen molar-refractivity contribution in [3.05, 3.63) is 65.9 Å². The number of guanidine groups is 1. The number of fused-ring (bicyclic) bond motifs is 1. The van der Waals surface area contributed by atoms with Gasteiger partial charge in [0.1, 0.15) is 11.3 Å². The minimum absolute atomic E-state index is 0.0238. The largest absolute Gasteiger partial charge is 0.461 e. The smallest absolute Gasteiger partial charge is 0.239 e. The minimum Gasteiger partial charge on any atom is -0.461 e. The number of amides is 2. The predicted molar refractivity (Wildman–Crippen MR) is 147 cm³/mol. The maximum absolute atomic E-state index is 13.2. The zero-order chi connectivity index (χ0) is 26.7. The summed E-state index contributed by atoms with van der Waals surface area (Å²) in [5, 5.41) is 15.5. The van der Waals surface area contributed by atoms with Gasteiger partial charge < -0.3 is 14.6 Å². The van der Waals surface area contributed by atoms with E-state index in [0.29, 0.717) is 25.2 Å². The molecule has 1 unspecified atom stereocenters. The number of furan rings is 1. The molecule has 1 fully saturated rings. The molecule has 9 nitrogen and oxygen atoms in total. The van der Waals surface area contributed by atoms with Gasteiger partial charge in [0.15, 0.2) is 6.19 Å². The van der Waals surface area contributed by atoms with Gasteiger partial charge in [0.05, 0.1) is 18.2 Å². The average molecular weight is 513 g/mol. The van der Waals surface area contributed by atoms with E-state index in [0.717, 1.165) is 42.4 Å². The van der Waals surface area contributed by atoms with Gasteiger partial charge in [0.25, 0.3) is 0 Å². The van der Waals surface area contributed by atoms with Gasteiger partial charge in [-0.1, -0.05) is 36.8 Å². The van der Waals surface area contributed by atoms with Crippen LogP contribution in [0.25, 0.3) is 11.0 Å². The van der Waals surface area contributed by atoms with Gasteiger partial charge in [0.2, 0.25) is 17.8 Å². The van der Waals surface area contributed by atoms with E-state index in [1.165, 1.54) is 11.8 Å². The molecule has 0 aliphatic carbocycles. The number of carbonyl (C=O) groups excluding carboxylic acids is 2. The highest BCUT2D eigenvalue weighted by Gasteiger charge is 2.27. The molecule has 0 bridgehead atoms. The van der Waals surface area contributed by atoms with E-state index >= 15 is 0 Å². The zero-order valence-electron chi connectivity index (χ0n) is 21.5. The highest BCUT2D eigenvalue weighted by atomic mass is 16.3. The second-order valence-electron chi connectivity index (χ2n) is 9.33. The monoisotopic (exact) mass is 512 g/mol. The summed E-state index contributed by atoms with van der Waals surface area (Å²) in [6.45, 7) is 2.99. The van der Waals surface area contributed by atoms with E-state index in [1.807, 2.05) is 49.5 Å². The van der Waals surface area contributed by atoms with Gasteiger partial charge in [0, 0.05) is 24.7 Å². The number of benzene rings is 2. The Labute approximate surface area is 222 Å². The van der Waals surface area contributed by atoms with Crippen LogP contribution in [0.2, 0.25) is 0 Å². The van der Waals surface area contributed by atoms with Crippen molar-refractivity contribution < 1.29 is 14.0 Å². The van der Waals surface area contributed by atoms with Crippen LogP contribution >= 0.6 is 0 Å². The average Bonchev–Trinajstić information content (AvgIpc) is 3.20. The van der Waals surface area contributed by atoms with Crippen molar-refractivity contribution in [1.82, 2.24) is 15.5 Å². The molecule has 1 aromatic heterocycles. The first-order valence-electron chi connectivity index (χ1n) is 12.9. The van der Waals surface area contributed by atoms with E-state index in [-0.39, 0.29) is 24.3 Å². The zero-order valence-corrected chi connectivity index (χ0v) is 21.5. The van der Waals surface area contributed by atoms with Crippen molar-refractivity contribution in [3.63, 3.8) is 0 Å². The number of nitrogens with one attached hydrogen (secondary N) is 2. The summed E-state index contributed by atoms with van der Waals surface area (Å²) < 4.78 is 5.59. The highest BCUT2D eigenvalue weighted by Crippen LogP contribution is 2.24. The molecule has 2 heterocycles. The molecule has 2 N–H and O–H groups in total. The van der Waals surface area contributed by atoms with E-state index in [2.05, 4.69) is 32.8 Å². The number of hydrogen-bond acceptors (Lipinski definition) is 5. The molecule has 38 heavy (non-hydrogen) atoms. The quantitative estimate of drug-likeness (QED) is 0.154. The van der Waals surface area contributed by atoms with Gasteiger partial charge >= 0.3 is 0 Å². The number of nitriles is 1. The first-order valence-corrected chi connectivity index (χ1v) is 12.9. The topological polar surface area (TPSA) is 123 Å². The molecule has 1 aliphatic rings. The predicted octanol–water partition coefficient (Wildman–Crippen LogP) is 4.25. The van der Waals surface area contributed by atoms with E-state index in [4.69, 9.17) is 9.68 Å². The molecule has 0 saturated carbocycles. The Morgan fingerprint density at radius 3 is 2.87 bits per heavy atom. The Bertz CT molecular complexity index is 1360. The second-order valence-corrected chi connectivity index (χ2v) is 9.33. The molecule has 2 amide bonds. The fourth-order valence-electron chi connectivity index (χ4n) is 4.48. The molecule has 4 rings (SSSR count). The van der Waals surface area contributed by atoms with E-state index < -0.39 is 5.92 Å². The molecule has 196 valence electrons. The third-order valence-corrected chi connectivity index (χ3v) is 6.37. The molecule has 0 spiro atoms. The lowest BCUT2D eigenvalue weighted by Crippen LogP contribution is -2.43. The van der Waals surface area contributed by atoms with Gasteiger partial charge in [-0.25, -0.2) is 9.98 Å². The fourth-order valence-corrected chi connectivity index (χ4v) is 4.48. The third-order valence-electron chi connectivity index (χ3n) is 6.37. The first-order chi connectivity index (χ1) is 18.5. The lowest BCUT2D eigenvalue weighted by molar-refractivity contribution is -0.137. The Morgan fingerprint density at radius 1 is 1.21 bits per heavy atom. The summed E-state index contributed by atoms with van der Waals surface area (Å²) in [4.78, 5) is 36.1. The standard InChI is InChI=1S/C29H32N6O3/c1-21-16-24-17-25(12-13-26(24)38-21)34-29(33-20-30)32-18-23-11-5-6-15-35(28(23)37)19-27(36)31-14-7-10-22-8-3-2-4-9-22/h2-4,8-9,12-13,16-18,23H,5-7,10-11,14-15,19H2,1H3,(H,31,36)(H,33,34)/b32-18+. The summed E-state index contributed by atoms with van der Waals surface area (Å²) in [6, 6.07) is 17.5. The van der Waals surface area contributed by atoms with Crippen LogP contribution in [-0.2, 0) is 16.0 Å². The molecule has 0 radical (unpaired) electrons. The van der Waals surface area contributed by atoms with Gasteiger partial charge in [-0.2, -0.15) is 5.26 Å². The van der Waals surface area contributed by atoms with Crippen LogP contribution < -0.4 is 10.6 Å². The van der Waals surface area contributed by atoms with Crippen LogP contribution in [0.4, 0.5) is 5.69 Å². The Balaban J connectivity index is 1.35. The van der Waals surface area contributed by atoms with Crippen molar-refractivity contribution in [3.8, 4) is 6.19 Å². The summed E-state index contributed by atoms with van der Waals surface area (Å²) in [7, 11) is 0. The molecular formula is C29H32N6O3. The number of hydrogen-bond donors (Lipinski definition) is 2. The summed E-state index contributed by atoms with van der Waals surface area (Å²) >= 11 is 0. The number of carbonyl (C=O) groups is 2. The van der Waals surface area contributed by atoms with Crippen LogP contribution in [-0.4, -0.2) is 48.5 Å². The van der Waals surface area contributed by atoms with Crippen LogP contribution in [0, 0.1) is 24.3 Å². The number of aliphatic imine (C=N–C) groups is 2. The SMILES string of the molecule is Cc1cc2cc(N=C(/N=C/C3CCCCN(CC(=O)NCCCc4ccccc4)C3=O)NC#N)ccc2o1. The molecule has 1 saturated heterocycles. The number of rotatable bonds is 8. The van der Waals surface area contributed by atoms with Crippen LogP contribution in [0.3, 0.4) is 0 Å². The van der Waals surface area contributed by atoms with Crippen molar-refractivity contribution in [1.29, 1.82) is 5.26 Å². The fraction of sp³-hybridized carbons (Fsp3) is 0.345. The van der Waals surface area contributed by atoms with Crippen molar-refractivity contribution in [2.45, 2.75) is 39.0 Å². The number of aryl methyl sites for hydroxylation is 2. The van der Waals surface area contributed by atoms with Gasteiger partial charge in [-0.15, -0.1) is 0 Å². The van der Waals surface area contributed by atoms with Crippen LogP contribution in [0.5, 0.6) is 0 Å².